The molecule has 0 bridgehead atoms. The molecule has 0 fully saturated rings. The van der Waals surface area contributed by atoms with Crippen LogP contribution < -0.4 is 0 Å². The van der Waals surface area contributed by atoms with Gasteiger partial charge in [-0.25, -0.2) is 20.4 Å². The number of isocyanates is 2. The summed E-state index contributed by atoms with van der Waals surface area (Å²) < 4.78 is 0. The zero-order chi connectivity index (χ0) is 10.5. The Hall–Kier alpha value is -1.50. The molecule has 0 amide bonds. The summed E-state index contributed by atoms with van der Waals surface area (Å²) in [7, 11) is 0. The van der Waals surface area contributed by atoms with Crippen molar-refractivity contribution in [3.8, 4) is 0 Å². The average Bonchev–Trinajstić information content (AvgIpc) is 2.08. The zero-order valence-corrected chi connectivity index (χ0v) is 7.72. The van der Waals surface area contributed by atoms with Crippen molar-refractivity contribution in [3.05, 3.63) is 11.6 Å². The van der Waals surface area contributed by atoms with Crippen molar-refractivity contribution in [1.82, 2.24) is 0 Å². The van der Waals surface area contributed by atoms with Crippen LogP contribution in [0, 0.1) is 10.8 Å². The third-order valence-corrected chi connectivity index (χ3v) is 1.52. The van der Waals surface area contributed by atoms with E-state index in [9.17, 15) is 0 Å². The van der Waals surface area contributed by atoms with Gasteiger partial charge in [-0.05, 0) is 32.6 Å². The van der Waals surface area contributed by atoms with Gasteiger partial charge in [0.05, 0.1) is 0 Å². The Bertz CT molecular complexity index is 198. The summed E-state index contributed by atoms with van der Waals surface area (Å²) in [6.07, 6.45) is 9.36. The second kappa shape index (κ2) is 13.1. The van der Waals surface area contributed by atoms with Crippen LogP contribution in [0.2, 0.25) is 0 Å². The van der Waals surface area contributed by atoms with E-state index in [0.717, 1.165) is 12.2 Å². The molecular weight excluding hydrogens is 168 g/mol. The first-order chi connectivity index (χ1) is 6.22. The van der Waals surface area contributed by atoms with E-state index in [1.807, 2.05) is 0 Å². The first-order valence-electron chi connectivity index (χ1n) is 3.96. The molecular formula is C9H14N2O2. The van der Waals surface area contributed by atoms with Crippen LogP contribution >= 0.6 is 0 Å². The lowest BCUT2D eigenvalue weighted by atomic mass is 10.0. The van der Waals surface area contributed by atoms with Crippen LogP contribution in [0.3, 0.4) is 0 Å². The summed E-state index contributed by atoms with van der Waals surface area (Å²) in [5.74, 6) is 0. The molecule has 4 nitrogen and oxygen atoms in total. The predicted octanol–water partition coefficient (Wildman–Crippen LogP) is 2.31. The number of nitrogens with one attached hydrogen (secondary N) is 2. The third kappa shape index (κ3) is 18.0. The summed E-state index contributed by atoms with van der Waals surface area (Å²) >= 11 is 0. The van der Waals surface area contributed by atoms with E-state index in [-0.39, 0.29) is 0 Å². The van der Waals surface area contributed by atoms with E-state index in [1.165, 1.54) is 25.7 Å². The Morgan fingerprint density at radius 1 is 1.23 bits per heavy atom. The van der Waals surface area contributed by atoms with Gasteiger partial charge in [0.25, 0.3) is 0 Å². The quantitative estimate of drug-likeness (QED) is 0.342. The van der Waals surface area contributed by atoms with Crippen molar-refractivity contribution in [3.63, 3.8) is 0 Å². The van der Waals surface area contributed by atoms with Crippen LogP contribution in [0.15, 0.2) is 11.6 Å². The maximum atomic E-state index is 8.35. The van der Waals surface area contributed by atoms with Gasteiger partial charge in [0, 0.05) is 0 Å². The van der Waals surface area contributed by atoms with Gasteiger partial charge in [-0.1, -0.05) is 11.6 Å². The number of hydrogen-bond donors (Lipinski definition) is 2. The molecule has 0 unspecified atom stereocenters. The monoisotopic (exact) mass is 182 g/mol. The Morgan fingerprint density at radius 3 is 1.85 bits per heavy atom. The van der Waals surface area contributed by atoms with E-state index in [2.05, 4.69) is 13.0 Å². The van der Waals surface area contributed by atoms with Crippen molar-refractivity contribution in [2.45, 2.75) is 32.6 Å². The molecule has 0 heterocycles. The molecule has 0 aromatic heterocycles. The maximum Gasteiger partial charge on any atom is 0.231 e. The first kappa shape index (κ1) is 14.0. The van der Waals surface area contributed by atoms with E-state index in [4.69, 9.17) is 20.4 Å². The van der Waals surface area contributed by atoms with Gasteiger partial charge in [-0.2, -0.15) is 0 Å². The summed E-state index contributed by atoms with van der Waals surface area (Å²) in [4.78, 5) is 16.7. The van der Waals surface area contributed by atoms with Gasteiger partial charge in [-0.3, -0.25) is 0 Å². The minimum Gasteiger partial charge on any atom is -0.222 e. The molecule has 13 heavy (non-hydrogen) atoms. The summed E-state index contributed by atoms with van der Waals surface area (Å²) in [5, 5.41) is 10.8. The van der Waals surface area contributed by atoms with Crippen LogP contribution in [-0.4, -0.2) is 12.2 Å². The second-order valence-corrected chi connectivity index (χ2v) is 2.50. The molecule has 0 aliphatic heterocycles. The van der Waals surface area contributed by atoms with Gasteiger partial charge in [-0.15, -0.1) is 0 Å². The topological polar surface area (TPSA) is 81.8 Å². The van der Waals surface area contributed by atoms with Gasteiger partial charge in [0.2, 0.25) is 12.2 Å². The molecule has 72 valence electrons. The van der Waals surface area contributed by atoms with Crippen LogP contribution in [0.4, 0.5) is 0 Å². The fourth-order valence-corrected chi connectivity index (χ4v) is 0.999. The largest absolute Gasteiger partial charge is 0.231 e. The van der Waals surface area contributed by atoms with Gasteiger partial charge in [0.15, 0.2) is 0 Å². The molecule has 0 saturated carbocycles. The minimum absolute atomic E-state index is 0.750. The van der Waals surface area contributed by atoms with Crippen LogP contribution in [-0.2, 0) is 9.59 Å². The lowest BCUT2D eigenvalue weighted by molar-refractivity contribution is 0.562. The van der Waals surface area contributed by atoms with Crippen LogP contribution in [0.1, 0.15) is 32.6 Å². The van der Waals surface area contributed by atoms with E-state index in [1.54, 1.807) is 5.57 Å². The second-order valence-electron chi connectivity index (χ2n) is 2.50. The highest BCUT2D eigenvalue weighted by atomic mass is 16.1. The van der Waals surface area contributed by atoms with Crippen molar-refractivity contribution >= 4 is 12.2 Å². The lowest BCUT2D eigenvalue weighted by Crippen LogP contribution is -1.85. The standard InChI is InChI=1S/C7H12.2CHNO/c1-7-5-3-2-4-6-7;2*2-1-3/h5H,2-4,6H2,1H3;2*2H. The smallest absolute Gasteiger partial charge is 0.222 e. The molecule has 0 saturated heterocycles. The van der Waals surface area contributed by atoms with Crippen molar-refractivity contribution in [1.29, 1.82) is 10.8 Å². The van der Waals surface area contributed by atoms with Crippen molar-refractivity contribution in [2.24, 2.45) is 0 Å². The molecule has 1 aliphatic rings. The molecule has 1 aliphatic carbocycles. The molecule has 4 heteroatoms. The Kier molecular flexibility index (Phi) is 14.2. The van der Waals surface area contributed by atoms with Gasteiger partial charge < -0.3 is 0 Å². The highest BCUT2D eigenvalue weighted by Crippen LogP contribution is 2.15. The fourth-order valence-electron chi connectivity index (χ4n) is 0.999. The number of rotatable bonds is 0. The third-order valence-electron chi connectivity index (χ3n) is 1.52. The number of carbonyl (C=O) groups excluding carboxylic acids is 2. The van der Waals surface area contributed by atoms with E-state index in [0.29, 0.717) is 0 Å². The SMILES string of the molecule is CC1=CCCCC1.N=C=O.N=C=O. The first-order valence-corrected chi connectivity index (χ1v) is 3.96. The molecule has 0 radical (unpaired) electrons. The minimum atomic E-state index is 0.750. The molecule has 0 aromatic rings. The zero-order valence-electron chi connectivity index (χ0n) is 7.72. The fraction of sp³-hybridized carbons (Fsp3) is 0.556. The molecule has 2 N–H and O–H groups in total. The van der Waals surface area contributed by atoms with Crippen molar-refractivity contribution in [2.75, 3.05) is 0 Å². The number of allylic oxidation sites excluding steroid dienone is 2. The van der Waals surface area contributed by atoms with E-state index >= 15 is 0 Å². The predicted molar refractivity (Wildman–Crippen MR) is 49.1 cm³/mol. The average molecular weight is 182 g/mol. The highest BCUT2D eigenvalue weighted by molar-refractivity contribution is 5.26. The Labute approximate surface area is 77.7 Å². The maximum absolute atomic E-state index is 8.35. The normalized spacial score (nSPS) is 12.8. The van der Waals surface area contributed by atoms with Gasteiger partial charge in [0.1, 0.15) is 0 Å². The van der Waals surface area contributed by atoms with Crippen LogP contribution in [0.5, 0.6) is 0 Å². The summed E-state index contributed by atoms with van der Waals surface area (Å²) in [6.45, 7) is 2.22. The summed E-state index contributed by atoms with van der Waals surface area (Å²) in [6, 6.07) is 0. The van der Waals surface area contributed by atoms with Crippen molar-refractivity contribution < 1.29 is 9.59 Å². The lowest BCUT2D eigenvalue weighted by Gasteiger charge is -2.05. The molecule has 0 atom stereocenters. The Morgan fingerprint density at radius 2 is 1.69 bits per heavy atom. The highest BCUT2D eigenvalue weighted by Gasteiger charge is 1.95. The number of hydrogen-bond acceptors (Lipinski definition) is 4. The Balaban J connectivity index is 0. The van der Waals surface area contributed by atoms with Gasteiger partial charge >= 0.3 is 0 Å². The van der Waals surface area contributed by atoms with Crippen LogP contribution in [0.25, 0.3) is 0 Å². The molecule has 1 rings (SSSR count). The summed E-state index contributed by atoms with van der Waals surface area (Å²) in [5.41, 5.74) is 1.59. The van der Waals surface area contributed by atoms with E-state index < -0.39 is 0 Å². The molecule has 0 aromatic carbocycles. The molecule has 0 spiro atoms.